The van der Waals surface area contributed by atoms with Gasteiger partial charge in [0.05, 0.1) is 33.1 Å². The molecule has 0 amide bonds. The van der Waals surface area contributed by atoms with Gasteiger partial charge in [-0.3, -0.25) is 0 Å². The number of hydrogen-bond acceptors (Lipinski definition) is 0. The zero-order chi connectivity index (χ0) is 17.7. The van der Waals surface area contributed by atoms with Crippen molar-refractivity contribution in [2.45, 2.75) is 0 Å². The minimum Gasteiger partial charge on any atom is -0.305 e. The van der Waals surface area contributed by atoms with Crippen LogP contribution in [-0.2, 0) is 0 Å². The molecule has 7 rings (SSSR count). The lowest BCUT2D eigenvalue weighted by Crippen LogP contribution is -1.96. The van der Waals surface area contributed by atoms with Crippen molar-refractivity contribution in [1.29, 1.82) is 0 Å². The molecular weight excluding hydrogens is 396 g/mol. The van der Waals surface area contributed by atoms with E-state index >= 15 is 0 Å². The van der Waals surface area contributed by atoms with E-state index in [0.29, 0.717) is 0 Å². The molecule has 3 heteroatoms. The van der Waals surface area contributed by atoms with E-state index < -0.39 is 0 Å². The van der Waals surface area contributed by atoms with Crippen molar-refractivity contribution < 1.29 is 0 Å². The molecule has 0 saturated heterocycles. The largest absolute Gasteiger partial charge is 0.305 e. The molecule has 0 fully saturated rings. The fraction of sp³-hybridized carbons (Fsp3) is 0. The van der Waals surface area contributed by atoms with Crippen molar-refractivity contribution in [3.63, 3.8) is 0 Å². The van der Waals surface area contributed by atoms with Gasteiger partial charge in [-0.2, -0.15) is 0 Å². The highest BCUT2D eigenvalue weighted by molar-refractivity contribution is 9.10. The van der Waals surface area contributed by atoms with Crippen molar-refractivity contribution in [2.75, 3.05) is 0 Å². The van der Waals surface area contributed by atoms with E-state index in [1.807, 2.05) is 0 Å². The van der Waals surface area contributed by atoms with Gasteiger partial charge in [-0.15, -0.1) is 0 Å². The molecule has 0 radical (unpaired) electrons. The molecular formula is C24H13BrN2. The van der Waals surface area contributed by atoms with E-state index in [-0.39, 0.29) is 0 Å². The van der Waals surface area contributed by atoms with Crippen LogP contribution in [0, 0.1) is 0 Å². The lowest BCUT2D eigenvalue weighted by molar-refractivity contribution is 1.25. The number of benzene rings is 4. The Morgan fingerprint density at radius 3 is 1.81 bits per heavy atom. The average molecular weight is 409 g/mol. The molecule has 0 unspecified atom stereocenters. The zero-order valence-corrected chi connectivity index (χ0v) is 15.9. The Labute approximate surface area is 162 Å². The molecule has 0 aliphatic heterocycles. The highest BCUT2D eigenvalue weighted by Crippen LogP contribution is 2.41. The first-order valence-electron chi connectivity index (χ1n) is 9.08. The van der Waals surface area contributed by atoms with Crippen LogP contribution in [0.3, 0.4) is 0 Å². The third-order valence-electron chi connectivity index (χ3n) is 5.87. The maximum Gasteiger partial charge on any atom is 0.0784 e. The normalized spacial score (nSPS) is 12.6. The van der Waals surface area contributed by atoms with Gasteiger partial charge in [0.1, 0.15) is 0 Å². The van der Waals surface area contributed by atoms with Crippen molar-refractivity contribution in [2.24, 2.45) is 0 Å². The van der Waals surface area contributed by atoms with Crippen LogP contribution >= 0.6 is 15.9 Å². The maximum absolute atomic E-state index is 3.76. The summed E-state index contributed by atoms with van der Waals surface area (Å²) in [5.74, 6) is 0. The van der Waals surface area contributed by atoms with Gasteiger partial charge >= 0.3 is 0 Å². The number of halogens is 1. The second-order valence-corrected chi connectivity index (χ2v) is 8.12. The number of aromatic nitrogens is 2. The van der Waals surface area contributed by atoms with Crippen LogP contribution in [0.5, 0.6) is 0 Å². The van der Waals surface area contributed by atoms with Crippen molar-refractivity contribution >= 4 is 70.6 Å². The number of nitrogens with zero attached hydrogens (tertiary/aromatic N) is 2. The molecule has 27 heavy (non-hydrogen) atoms. The van der Waals surface area contributed by atoms with Gasteiger partial charge in [0.25, 0.3) is 0 Å². The highest BCUT2D eigenvalue weighted by atomic mass is 79.9. The second kappa shape index (κ2) is 4.62. The quantitative estimate of drug-likeness (QED) is 0.238. The van der Waals surface area contributed by atoms with E-state index in [4.69, 9.17) is 0 Å². The molecule has 3 heterocycles. The lowest BCUT2D eigenvalue weighted by atomic mass is 10.1. The maximum atomic E-state index is 3.76. The van der Waals surface area contributed by atoms with Crippen LogP contribution in [0.25, 0.3) is 54.6 Å². The molecule has 0 spiro atoms. The second-order valence-electron chi connectivity index (χ2n) is 7.20. The van der Waals surface area contributed by atoms with Gasteiger partial charge in [-0.1, -0.05) is 64.5 Å². The van der Waals surface area contributed by atoms with E-state index in [2.05, 4.69) is 104 Å². The summed E-state index contributed by atoms with van der Waals surface area (Å²) in [6, 6.07) is 28.6. The predicted molar refractivity (Wildman–Crippen MR) is 117 cm³/mol. The number of hydrogen-bond donors (Lipinski definition) is 0. The molecule has 0 saturated carbocycles. The van der Waals surface area contributed by atoms with Crippen LogP contribution < -0.4 is 0 Å². The van der Waals surface area contributed by atoms with Gasteiger partial charge in [-0.25, -0.2) is 0 Å². The van der Waals surface area contributed by atoms with Crippen LogP contribution in [-0.4, -0.2) is 8.80 Å². The molecule has 0 N–H and O–H groups in total. The smallest absolute Gasteiger partial charge is 0.0784 e. The summed E-state index contributed by atoms with van der Waals surface area (Å²) in [6.07, 6.45) is 0. The van der Waals surface area contributed by atoms with Crippen molar-refractivity contribution in [3.8, 4) is 0 Å². The average Bonchev–Trinajstić information content (AvgIpc) is 3.21. The fourth-order valence-electron chi connectivity index (χ4n) is 4.89. The fourth-order valence-corrected chi connectivity index (χ4v) is 5.34. The van der Waals surface area contributed by atoms with E-state index in [1.165, 1.54) is 54.6 Å². The summed E-state index contributed by atoms with van der Waals surface area (Å²) >= 11 is 3.76. The van der Waals surface area contributed by atoms with Crippen LogP contribution in [0.15, 0.2) is 83.3 Å². The van der Waals surface area contributed by atoms with E-state index in [0.717, 1.165) is 4.47 Å². The Balaban J connectivity index is 2.01. The molecule has 0 bridgehead atoms. The Kier molecular flexibility index (Phi) is 2.41. The minimum absolute atomic E-state index is 1.11. The number of rotatable bonds is 0. The molecule has 7 aromatic rings. The first kappa shape index (κ1) is 14.1. The van der Waals surface area contributed by atoms with Crippen LogP contribution in [0.1, 0.15) is 0 Å². The lowest BCUT2D eigenvalue weighted by Gasteiger charge is -2.11. The topological polar surface area (TPSA) is 8.82 Å². The minimum atomic E-state index is 1.11. The Morgan fingerprint density at radius 2 is 1.04 bits per heavy atom. The van der Waals surface area contributed by atoms with Gasteiger partial charge in [0.15, 0.2) is 0 Å². The summed E-state index contributed by atoms with van der Waals surface area (Å²) in [4.78, 5) is 0. The predicted octanol–water partition coefficient (Wildman–Crippen LogP) is 7.01. The SMILES string of the molecule is Brc1cc2c3ccccc3n3c4cccc5c6ccccc6n(c(c1)c23)c54. The first-order valence-corrected chi connectivity index (χ1v) is 9.88. The summed E-state index contributed by atoms with van der Waals surface area (Å²) in [5.41, 5.74) is 7.57. The summed E-state index contributed by atoms with van der Waals surface area (Å²) in [6.45, 7) is 0. The molecule has 126 valence electrons. The number of fused-ring (bicyclic) bond motifs is 8. The molecule has 0 aliphatic carbocycles. The van der Waals surface area contributed by atoms with Crippen molar-refractivity contribution in [3.05, 3.63) is 83.3 Å². The van der Waals surface area contributed by atoms with E-state index in [1.54, 1.807) is 0 Å². The molecule has 0 aliphatic rings. The van der Waals surface area contributed by atoms with Crippen molar-refractivity contribution in [1.82, 2.24) is 8.80 Å². The monoisotopic (exact) mass is 408 g/mol. The highest BCUT2D eigenvalue weighted by Gasteiger charge is 2.20. The van der Waals surface area contributed by atoms with Crippen LogP contribution in [0.2, 0.25) is 0 Å². The van der Waals surface area contributed by atoms with Gasteiger partial charge in [-0.05, 0) is 30.3 Å². The Hall–Kier alpha value is -3.04. The number of para-hydroxylation sites is 3. The first-order chi connectivity index (χ1) is 13.3. The van der Waals surface area contributed by atoms with E-state index in [9.17, 15) is 0 Å². The van der Waals surface area contributed by atoms with Gasteiger partial charge in [0.2, 0.25) is 0 Å². The van der Waals surface area contributed by atoms with Gasteiger partial charge in [0, 0.05) is 26.0 Å². The Morgan fingerprint density at radius 1 is 0.481 bits per heavy atom. The van der Waals surface area contributed by atoms with Gasteiger partial charge < -0.3 is 8.80 Å². The molecule has 3 aromatic heterocycles. The molecule has 2 nitrogen and oxygen atoms in total. The zero-order valence-electron chi connectivity index (χ0n) is 14.3. The molecule has 4 aromatic carbocycles. The Bertz CT molecular complexity index is 1680. The summed E-state index contributed by atoms with van der Waals surface area (Å²) in [7, 11) is 0. The summed E-state index contributed by atoms with van der Waals surface area (Å²) in [5, 5.41) is 5.19. The standard InChI is InChI=1S/C24H13BrN2/c25-14-12-18-16-7-2-4-10-20(16)26-21-11-5-8-17-15-6-1-3-9-19(15)27(23(17)21)22(13-14)24(18)26/h1-13H. The summed E-state index contributed by atoms with van der Waals surface area (Å²) < 4.78 is 5.98. The third kappa shape index (κ3) is 1.54. The third-order valence-corrected chi connectivity index (χ3v) is 6.33. The van der Waals surface area contributed by atoms with Crippen LogP contribution in [0.4, 0.5) is 0 Å². The molecule has 0 atom stereocenters.